The molecule has 0 aromatic heterocycles. The molecule has 0 saturated carbocycles. The molecule has 0 spiro atoms. The van der Waals surface area contributed by atoms with Crippen LogP contribution in [-0.4, -0.2) is 42.1 Å². The van der Waals surface area contributed by atoms with Crippen LogP contribution in [0.4, 0.5) is 0 Å². The average molecular weight is 277 g/mol. The van der Waals surface area contributed by atoms with E-state index in [2.05, 4.69) is 0 Å². The first-order valence-corrected chi connectivity index (χ1v) is 6.66. The molecule has 0 bridgehead atoms. The molecule has 2 atom stereocenters. The molecule has 1 aromatic carbocycles. The fraction of sp³-hybridized carbons (Fsp3) is 0.467. The fourth-order valence-corrected chi connectivity index (χ4v) is 2.67. The van der Waals surface area contributed by atoms with Crippen molar-refractivity contribution in [2.75, 3.05) is 20.3 Å². The van der Waals surface area contributed by atoms with Gasteiger partial charge < -0.3 is 14.7 Å². The molecule has 20 heavy (non-hydrogen) atoms. The summed E-state index contributed by atoms with van der Waals surface area (Å²) in [4.78, 5) is 25.4. The molecule has 1 aliphatic rings. The van der Waals surface area contributed by atoms with Crippen LogP contribution in [0.1, 0.15) is 24.1 Å². The maximum absolute atomic E-state index is 12.4. The van der Waals surface area contributed by atoms with E-state index in [9.17, 15) is 14.7 Å². The minimum atomic E-state index is -0.991. The minimum absolute atomic E-state index is 0.172. The average Bonchev–Trinajstić information content (AvgIpc) is 2.45. The highest BCUT2D eigenvalue weighted by atomic mass is 16.5. The summed E-state index contributed by atoms with van der Waals surface area (Å²) in [7, 11) is 1.53. The quantitative estimate of drug-likeness (QED) is 0.905. The van der Waals surface area contributed by atoms with Gasteiger partial charge in [-0.25, -0.2) is 4.79 Å². The monoisotopic (exact) mass is 277 g/mol. The van der Waals surface area contributed by atoms with Crippen molar-refractivity contribution < 1.29 is 19.4 Å². The Balaban J connectivity index is 2.31. The molecule has 2 rings (SSSR count). The zero-order valence-corrected chi connectivity index (χ0v) is 11.7. The predicted molar refractivity (Wildman–Crippen MR) is 73.3 cm³/mol. The molecule has 108 valence electrons. The van der Waals surface area contributed by atoms with E-state index in [0.717, 1.165) is 5.56 Å². The van der Waals surface area contributed by atoms with Gasteiger partial charge in [0.25, 0.3) is 0 Å². The third kappa shape index (κ3) is 2.67. The Labute approximate surface area is 118 Å². The lowest BCUT2D eigenvalue weighted by Crippen LogP contribution is -2.46. The van der Waals surface area contributed by atoms with Crippen LogP contribution in [-0.2, 0) is 20.7 Å². The van der Waals surface area contributed by atoms with Crippen molar-refractivity contribution >= 4 is 11.9 Å². The number of hydrogen-bond acceptors (Lipinski definition) is 3. The van der Waals surface area contributed by atoms with Crippen molar-refractivity contribution in [3.05, 3.63) is 35.4 Å². The fourth-order valence-electron chi connectivity index (χ4n) is 2.67. The van der Waals surface area contributed by atoms with Crippen molar-refractivity contribution in [2.45, 2.75) is 19.4 Å². The van der Waals surface area contributed by atoms with Gasteiger partial charge in [-0.1, -0.05) is 31.2 Å². The molecular weight excluding hydrogens is 258 g/mol. The first kappa shape index (κ1) is 14.5. The molecule has 1 N–H and O–H groups in total. The van der Waals surface area contributed by atoms with Gasteiger partial charge in [-0.3, -0.25) is 4.79 Å². The Morgan fingerprint density at radius 3 is 2.80 bits per heavy atom. The van der Waals surface area contributed by atoms with E-state index in [1.54, 1.807) is 19.1 Å². The van der Waals surface area contributed by atoms with Gasteiger partial charge in [0.1, 0.15) is 0 Å². The van der Waals surface area contributed by atoms with Crippen molar-refractivity contribution in [3.8, 4) is 0 Å². The van der Waals surface area contributed by atoms with Crippen molar-refractivity contribution in [1.82, 2.24) is 4.90 Å². The molecule has 2 unspecified atom stereocenters. The summed E-state index contributed by atoms with van der Waals surface area (Å²) in [5.74, 6) is -1.50. The highest BCUT2D eigenvalue weighted by Gasteiger charge is 2.37. The summed E-state index contributed by atoms with van der Waals surface area (Å²) >= 11 is 0. The topological polar surface area (TPSA) is 66.8 Å². The second-order valence-electron chi connectivity index (χ2n) is 5.08. The molecular formula is C15H19NO4. The first-order chi connectivity index (χ1) is 9.56. The van der Waals surface area contributed by atoms with Gasteiger partial charge >= 0.3 is 5.97 Å². The second kappa shape index (κ2) is 6.05. The summed E-state index contributed by atoms with van der Waals surface area (Å²) in [6, 6.07) is 6.51. The van der Waals surface area contributed by atoms with Gasteiger partial charge in [-0.05, 0) is 17.5 Å². The van der Waals surface area contributed by atoms with Crippen LogP contribution >= 0.6 is 0 Å². The number of carbonyl (C=O) groups is 2. The van der Waals surface area contributed by atoms with Crippen LogP contribution in [0.2, 0.25) is 0 Å². The lowest BCUT2D eigenvalue weighted by Gasteiger charge is -2.36. The van der Waals surface area contributed by atoms with Gasteiger partial charge in [0.05, 0.1) is 12.5 Å². The maximum Gasteiger partial charge on any atom is 0.331 e. The van der Waals surface area contributed by atoms with Crippen LogP contribution in [0.3, 0.4) is 0 Å². The van der Waals surface area contributed by atoms with Gasteiger partial charge in [-0.15, -0.1) is 0 Å². The normalized spacial score (nSPS) is 19.3. The van der Waals surface area contributed by atoms with Crippen molar-refractivity contribution in [2.24, 2.45) is 5.92 Å². The zero-order chi connectivity index (χ0) is 14.7. The number of methoxy groups -OCH3 is 1. The van der Waals surface area contributed by atoms with Crippen LogP contribution in [0.25, 0.3) is 0 Å². The molecule has 0 aliphatic carbocycles. The van der Waals surface area contributed by atoms with Crippen molar-refractivity contribution in [1.29, 1.82) is 0 Å². The molecule has 1 amide bonds. The van der Waals surface area contributed by atoms with Crippen LogP contribution < -0.4 is 0 Å². The number of carboxylic acids is 1. The largest absolute Gasteiger partial charge is 0.479 e. The molecule has 1 aliphatic heterocycles. The van der Waals surface area contributed by atoms with E-state index < -0.39 is 12.0 Å². The third-order valence-electron chi connectivity index (χ3n) is 3.64. The number of ether oxygens (including phenoxy) is 1. The maximum atomic E-state index is 12.4. The molecule has 1 aromatic rings. The number of hydrogen-bond donors (Lipinski definition) is 1. The number of rotatable bonds is 4. The van der Waals surface area contributed by atoms with Gasteiger partial charge in [0.2, 0.25) is 5.91 Å². The molecule has 5 heteroatoms. The Morgan fingerprint density at radius 1 is 1.45 bits per heavy atom. The third-order valence-corrected chi connectivity index (χ3v) is 3.64. The SMILES string of the molecule is COCC(C)C(=O)N1CCc2ccccc2C1C(=O)O. The van der Waals surface area contributed by atoms with E-state index in [-0.39, 0.29) is 11.8 Å². The number of amides is 1. The van der Waals surface area contributed by atoms with E-state index in [0.29, 0.717) is 25.1 Å². The predicted octanol–water partition coefficient (Wildman–Crippen LogP) is 1.48. The summed E-state index contributed by atoms with van der Waals surface area (Å²) in [6.45, 7) is 2.48. The van der Waals surface area contributed by atoms with Gasteiger partial charge in [0.15, 0.2) is 6.04 Å². The Morgan fingerprint density at radius 2 is 2.15 bits per heavy atom. The summed E-state index contributed by atoms with van der Waals surface area (Å²) < 4.78 is 4.99. The standard InChI is InChI=1S/C15H19NO4/c1-10(9-20-2)14(17)16-8-7-11-5-3-4-6-12(11)13(16)15(18)19/h3-6,10,13H,7-9H2,1-2H3,(H,18,19). The van der Waals surface area contributed by atoms with E-state index in [1.165, 1.54) is 12.0 Å². The summed E-state index contributed by atoms with van der Waals surface area (Å²) in [6.07, 6.45) is 0.686. The highest BCUT2D eigenvalue weighted by molar-refractivity contribution is 5.86. The highest BCUT2D eigenvalue weighted by Crippen LogP contribution is 2.31. The number of benzene rings is 1. The molecule has 0 radical (unpaired) electrons. The van der Waals surface area contributed by atoms with E-state index in [4.69, 9.17) is 4.74 Å². The Hall–Kier alpha value is -1.88. The van der Waals surface area contributed by atoms with Gasteiger partial charge in [-0.2, -0.15) is 0 Å². The number of fused-ring (bicyclic) bond motifs is 1. The Kier molecular flexibility index (Phi) is 4.39. The van der Waals surface area contributed by atoms with Crippen LogP contribution in [0.5, 0.6) is 0 Å². The van der Waals surface area contributed by atoms with Crippen molar-refractivity contribution in [3.63, 3.8) is 0 Å². The second-order valence-corrected chi connectivity index (χ2v) is 5.08. The summed E-state index contributed by atoms with van der Waals surface area (Å²) in [5.41, 5.74) is 1.72. The molecule has 0 saturated heterocycles. The smallest absolute Gasteiger partial charge is 0.331 e. The Bertz CT molecular complexity index is 514. The summed E-state index contributed by atoms with van der Waals surface area (Å²) in [5, 5.41) is 9.49. The number of carbonyl (C=O) groups excluding carboxylic acids is 1. The van der Waals surface area contributed by atoms with E-state index in [1.807, 2.05) is 12.1 Å². The van der Waals surface area contributed by atoms with Gasteiger partial charge in [0, 0.05) is 13.7 Å². The van der Waals surface area contributed by atoms with Crippen LogP contribution in [0, 0.1) is 5.92 Å². The number of nitrogens with zero attached hydrogens (tertiary/aromatic N) is 1. The lowest BCUT2D eigenvalue weighted by atomic mass is 9.91. The zero-order valence-electron chi connectivity index (χ0n) is 11.7. The molecule has 0 fully saturated rings. The number of carboxylic acid groups (broad SMARTS) is 1. The number of aliphatic carboxylic acids is 1. The first-order valence-electron chi connectivity index (χ1n) is 6.66. The molecule has 1 heterocycles. The lowest BCUT2D eigenvalue weighted by molar-refractivity contribution is -0.153. The minimum Gasteiger partial charge on any atom is -0.479 e. The molecule has 5 nitrogen and oxygen atoms in total. The van der Waals surface area contributed by atoms with Crippen LogP contribution in [0.15, 0.2) is 24.3 Å². The van der Waals surface area contributed by atoms with E-state index >= 15 is 0 Å².